The highest BCUT2D eigenvalue weighted by molar-refractivity contribution is 6.22. The Morgan fingerprint density at radius 2 is 1.88 bits per heavy atom. The summed E-state index contributed by atoms with van der Waals surface area (Å²) in [5, 5.41) is 8.42. The number of hydrogen-bond donors (Lipinski definition) is 0. The molecule has 0 amide bonds. The van der Waals surface area contributed by atoms with Crippen molar-refractivity contribution in [2.24, 2.45) is 0 Å². The van der Waals surface area contributed by atoms with Gasteiger partial charge in [0.05, 0.1) is 17.3 Å². The van der Waals surface area contributed by atoms with Crippen LogP contribution in [0, 0.1) is 11.3 Å². The molecule has 2 aromatic rings. The number of nitrogens with zero attached hydrogens (tertiary/aromatic N) is 2. The third kappa shape index (κ3) is 2.21. The smallest absolute Gasteiger partial charge is 0.101 e. The fraction of sp³-hybridized carbons (Fsp3) is 0.0769. The molecule has 0 saturated carbocycles. The van der Waals surface area contributed by atoms with Crippen LogP contribution in [0.3, 0.4) is 0 Å². The predicted octanol–water partition coefficient (Wildman–Crippen LogP) is 3.28. The maximum absolute atomic E-state index is 8.69. The van der Waals surface area contributed by atoms with E-state index in [1.54, 1.807) is 18.3 Å². The van der Waals surface area contributed by atoms with Crippen LogP contribution in [0.1, 0.15) is 22.2 Å². The molecule has 1 heterocycles. The molecule has 3 heteroatoms. The predicted molar refractivity (Wildman–Crippen MR) is 63.1 cm³/mol. The van der Waals surface area contributed by atoms with Gasteiger partial charge in [0.2, 0.25) is 0 Å². The Kier molecular flexibility index (Phi) is 3.19. The summed E-state index contributed by atoms with van der Waals surface area (Å²) < 4.78 is 0. The summed E-state index contributed by atoms with van der Waals surface area (Å²) in [5.74, 6) is 0. The van der Waals surface area contributed by atoms with Crippen molar-refractivity contribution in [3.05, 3.63) is 65.5 Å². The van der Waals surface area contributed by atoms with Gasteiger partial charge >= 0.3 is 0 Å². The number of hydrogen-bond acceptors (Lipinski definition) is 2. The molecule has 0 N–H and O–H groups in total. The van der Waals surface area contributed by atoms with E-state index in [4.69, 9.17) is 16.9 Å². The first-order chi connectivity index (χ1) is 7.81. The molecule has 2 nitrogen and oxygen atoms in total. The van der Waals surface area contributed by atoms with E-state index in [1.165, 1.54) is 0 Å². The van der Waals surface area contributed by atoms with Crippen LogP contribution in [0.25, 0.3) is 0 Å². The average molecular weight is 229 g/mol. The fourth-order valence-corrected chi connectivity index (χ4v) is 1.70. The minimum atomic E-state index is -0.269. The lowest BCUT2D eigenvalue weighted by Crippen LogP contribution is -1.95. The average Bonchev–Trinajstić information content (AvgIpc) is 2.39. The Morgan fingerprint density at radius 1 is 1.12 bits per heavy atom. The third-order valence-corrected chi connectivity index (χ3v) is 2.76. The highest BCUT2D eigenvalue weighted by Crippen LogP contribution is 2.26. The molecule has 0 aliphatic carbocycles. The van der Waals surface area contributed by atoms with E-state index < -0.39 is 0 Å². The van der Waals surface area contributed by atoms with E-state index in [0.717, 1.165) is 11.3 Å². The Labute approximate surface area is 99.1 Å². The second-order valence-electron chi connectivity index (χ2n) is 3.35. The van der Waals surface area contributed by atoms with Crippen LogP contribution in [-0.4, -0.2) is 4.98 Å². The monoisotopic (exact) mass is 228 g/mol. The summed E-state index contributed by atoms with van der Waals surface area (Å²) >= 11 is 6.28. The van der Waals surface area contributed by atoms with Crippen molar-refractivity contribution in [1.82, 2.24) is 4.98 Å². The van der Waals surface area contributed by atoms with Gasteiger partial charge in [-0.25, -0.2) is 0 Å². The van der Waals surface area contributed by atoms with Crippen LogP contribution in [0.2, 0.25) is 0 Å². The Bertz CT molecular complexity index is 500. The highest BCUT2D eigenvalue weighted by Gasteiger charge is 2.11. The summed E-state index contributed by atoms with van der Waals surface area (Å²) in [6, 6.07) is 14.9. The summed E-state index contributed by atoms with van der Waals surface area (Å²) in [5.41, 5.74) is 2.39. The molecule has 0 bridgehead atoms. The fourth-order valence-electron chi connectivity index (χ4n) is 1.42. The summed E-state index contributed by atoms with van der Waals surface area (Å²) in [7, 11) is 0. The molecule has 1 aromatic heterocycles. The summed E-state index contributed by atoms with van der Waals surface area (Å²) in [6.45, 7) is 0. The van der Waals surface area contributed by atoms with Crippen LogP contribution in [0.4, 0.5) is 0 Å². The molecule has 1 aromatic carbocycles. The van der Waals surface area contributed by atoms with Gasteiger partial charge in [0.15, 0.2) is 0 Å². The highest BCUT2D eigenvalue weighted by atomic mass is 35.5. The number of alkyl halides is 1. The molecular formula is C13H9ClN2. The number of benzene rings is 1. The number of pyridine rings is 1. The maximum Gasteiger partial charge on any atom is 0.101 e. The minimum Gasteiger partial charge on any atom is -0.259 e. The molecule has 0 fully saturated rings. The van der Waals surface area contributed by atoms with Gasteiger partial charge in [0, 0.05) is 6.20 Å². The topological polar surface area (TPSA) is 36.7 Å². The van der Waals surface area contributed by atoms with Crippen molar-refractivity contribution in [1.29, 1.82) is 5.26 Å². The first-order valence-electron chi connectivity index (χ1n) is 4.86. The zero-order valence-corrected chi connectivity index (χ0v) is 9.22. The minimum absolute atomic E-state index is 0.269. The maximum atomic E-state index is 8.69. The molecule has 2 rings (SSSR count). The van der Waals surface area contributed by atoms with Crippen LogP contribution in [-0.2, 0) is 0 Å². The Morgan fingerprint density at radius 3 is 2.44 bits per heavy atom. The first-order valence-corrected chi connectivity index (χ1v) is 5.30. The van der Waals surface area contributed by atoms with Crippen molar-refractivity contribution in [3.63, 3.8) is 0 Å². The molecule has 1 atom stereocenters. The Balaban J connectivity index is 2.28. The zero-order chi connectivity index (χ0) is 11.4. The Hall–Kier alpha value is -1.85. The van der Waals surface area contributed by atoms with Crippen molar-refractivity contribution in [2.45, 2.75) is 5.38 Å². The molecule has 0 saturated heterocycles. The van der Waals surface area contributed by atoms with Gasteiger partial charge in [-0.15, -0.1) is 11.6 Å². The van der Waals surface area contributed by atoms with Gasteiger partial charge in [0.1, 0.15) is 5.38 Å². The van der Waals surface area contributed by atoms with Crippen molar-refractivity contribution < 1.29 is 0 Å². The molecule has 0 aliphatic rings. The molecule has 16 heavy (non-hydrogen) atoms. The van der Waals surface area contributed by atoms with Gasteiger partial charge in [0.25, 0.3) is 0 Å². The second-order valence-corrected chi connectivity index (χ2v) is 3.79. The number of rotatable bonds is 2. The molecular weight excluding hydrogens is 220 g/mol. The second kappa shape index (κ2) is 4.78. The van der Waals surface area contributed by atoms with Gasteiger partial charge in [-0.1, -0.05) is 18.2 Å². The largest absolute Gasteiger partial charge is 0.259 e. The van der Waals surface area contributed by atoms with E-state index in [9.17, 15) is 0 Å². The standard InChI is InChI=1S/C13H9ClN2/c14-13(12-3-1-2-8-16-12)11-6-4-10(9-15)5-7-11/h1-8,13H. The van der Waals surface area contributed by atoms with Crippen LogP contribution in [0.15, 0.2) is 48.7 Å². The quantitative estimate of drug-likeness (QED) is 0.740. The number of halogens is 1. The lowest BCUT2D eigenvalue weighted by molar-refractivity contribution is 1.04. The van der Waals surface area contributed by atoms with Crippen LogP contribution in [0.5, 0.6) is 0 Å². The zero-order valence-electron chi connectivity index (χ0n) is 8.47. The number of nitriles is 1. The van der Waals surface area contributed by atoms with Gasteiger partial charge < -0.3 is 0 Å². The van der Waals surface area contributed by atoms with Gasteiger partial charge in [-0.2, -0.15) is 5.26 Å². The first kappa shape index (κ1) is 10.7. The molecule has 0 spiro atoms. The van der Waals surface area contributed by atoms with Gasteiger partial charge in [-0.3, -0.25) is 4.98 Å². The normalized spacial score (nSPS) is 11.8. The van der Waals surface area contributed by atoms with Crippen LogP contribution < -0.4 is 0 Å². The third-order valence-electron chi connectivity index (χ3n) is 2.28. The van der Waals surface area contributed by atoms with E-state index in [2.05, 4.69) is 11.1 Å². The SMILES string of the molecule is N#Cc1ccc(C(Cl)c2ccccn2)cc1. The van der Waals surface area contributed by atoms with Crippen molar-refractivity contribution >= 4 is 11.6 Å². The molecule has 1 unspecified atom stereocenters. The van der Waals surface area contributed by atoms with E-state index in [1.807, 2.05) is 30.3 Å². The molecule has 0 radical (unpaired) electrons. The number of aromatic nitrogens is 1. The lowest BCUT2D eigenvalue weighted by atomic mass is 10.1. The van der Waals surface area contributed by atoms with E-state index in [-0.39, 0.29) is 5.38 Å². The van der Waals surface area contributed by atoms with Crippen molar-refractivity contribution in [3.8, 4) is 6.07 Å². The summed E-state index contributed by atoms with van der Waals surface area (Å²) in [6.07, 6.45) is 1.72. The molecule has 0 aliphatic heterocycles. The summed E-state index contributed by atoms with van der Waals surface area (Å²) in [4.78, 5) is 4.20. The van der Waals surface area contributed by atoms with E-state index in [0.29, 0.717) is 5.56 Å². The van der Waals surface area contributed by atoms with Crippen LogP contribution >= 0.6 is 11.6 Å². The van der Waals surface area contributed by atoms with Gasteiger partial charge in [-0.05, 0) is 29.8 Å². The van der Waals surface area contributed by atoms with E-state index >= 15 is 0 Å². The lowest BCUT2D eigenvalue weighted by Gasteiger charge is -2.08. The van der Waals surface area contributed by atoms with Crippen molar-refractivity contribution in [2.75, 3.05) is 0 Å². The molecule has 78 valence electrons.